The highest BCUT2D eigenvalue weighted by atomic mass is 16.5. The Morgan fingerprint density at radius 2 is 1.80 bits per heavy atom. The van der Waals surface area contributed by atoms with Gasteiger partial charge in [-0.25, -0.2) is 4.79 Å². The Morgan fingerprint density at radius 3 is 2.48 bits per heavy atom. The molecule has 1 N–H and O–H groups in total. The minimum atomic E-state index is -0.197. The highest BCUT2D eigenvalue weighted by Gasteiger charge is 2.26. The molecule has 0 bridgehead atoms. The summed E-state index contributed by atoms with van der Waals surface area (Å²) in [4.78, 5) is 28.1. The number of rotatable bonds is 4. The van der Waals surface area contributed by atoms with E-state index in [-0.39, 0.29) is 11.9 Å². The Bertz CT molecular complexity index is 722. The predicted octanol–water partition coefficient (Wildman–Crippen LogP) is 2.67. The van der Waals surface area contributed by atoms with Crippen molar-refractivity contribution in [1.29, 1.82) is 0 Å². The Hall–Kier alpha value is -2.96. The van der Waals surface area contributed by atoms with Gasteiger partial charge in [-0.3, -0.25) is 4.79 Å². The zero-order valence-electron chi connectivity index (χ0n) is 14.1. The summed E-state index contributed by atoms with van der Waals surface area (Å²) in [6.07, 6.45) is 1.48. The molecule has 0 spiro atoms. The maximum absolute atomic E-state index is 12.5. The van der Waals surface area contributed by atoms with Crippen molar-refractivity contribution in [2.75, 3.05) is 38.1 Å². The lowest BCUT2D eigenvalue weighted by Crippen LogP contribution is -2.51. The minimum Gasteiger partial charge on any atom is -0.492 e. The fraction of sp³-hybridized carbons (Fsp3) is 0.333. The monoisotopic (exact) mass is 343 g/mol. The summed E-state index contributed by atoms with van der Waals surface area (Å²) in [5.41, 5.74) is 0.642. The molecule has 2 aromatic rings. The molecule has 0 saturated carbocycles. The van der Waals surface area contributed by atoms with E-state index in [9.17, 15) is 9.59 Å². The summed E-state index contributed by atoms with van der Waals surface area (Å²) in [5.74, 6) is 0.820. The topological polar surface area (TPSA) is 75.0 Å². The molecule has 132 valence electrons. The Kier molecular flexibility index (Phi) is 5.23. The van der Waals surface area contributed by atoms with E-state index >= 15 is 0 Å². The third kappa shape index (κ3) is 3.93. The number of nitrogens with one attached hydrogen (secondary N) is 1. The molecule has 25 heavy (non-hydrogen) atoms. The van der Waals surface area contributed by atoms with Gasteiger partial charge < -0.3 is 24.3 Å². The van der Waals surface area contributed by atoms with Crippen LogP contribution in [0.1, 0.15) is 17.5 Å². The summed E-state index contributed by atoms with van der Waals surface area (Å²) in [6, 6.07) is 10.5. The number of amides is 3. The lowest BCUT2D eigenvalue weighted by atomic mass is 10.2. The van der Waals surface area contributed by atoms with E-state index in [1.54, 1.807) is 28.0 Å². The third-order valence-electron chi connectivity index (χ3n) is 4.01. The normalized spacial score (nSPS) is 14.3. The largest absolute Gasteiger partial charge is 0.492 e. The number of urea groups is 1. The molecule has 3 amide bonds. The summed E-state index contributed by atoms with van der Waals surface area (Å²) in [5, 5.41) is 2.88. The van der Waals surface area contributed by atoms with Crippen LogP contribution in [0.25, 0.3) is 0 Å². The number of anilines is 1. The lowest BCUT2D eigenvalue weighted by Gasteiger charge is -2.34. The predicted molar refractivity (Wildman–Crippen MR) is 92.8 cm³/mol. The van der Waals surface area contributed by atoms with Gasteiger partial charge in [-0.2, -0.15) is 0 Å². The molecular formula is C18H21N3O4. The third-order valence-corrected chi connectivity index (χ3v) is 4.01. The van der Waals surface area contributed by atoms with E-state index in [4.69, 9.17) is 9.15 Å². The molecule has 0 radical (unpaired) electrons. The van der Waals surface area contributed by atoms with Crippen LogP contribution in [-0.4, -0.2) is 54.5 Å². The Morgan fingerprint density at radius 1 is 1.08 bits per heavy atom. The number of hydrogen-bond donors (Lipinski definition) is 1. The molecule has 1 aliphatic heterocycles. The van der Waals surface area contributed by atoms with Crippen LogP contribution >= 0.6 is 0 Å². The van der Waals surface area contributed by atoms with Gasteiger partial charge in [-0.15, -0.1) is 0 Å². The second kappa shape index (κ2) is 7.74. The highest BCUT2D eigenvalue weighted by molar-refractivity contribution is 5.93. The molecule has 3 rings (SSSR count). The first-order valence-electron chi connectivity index (χ1n) is 8.29. The first-order chi connectivity index (χ1) is 12.2. The van der Waals surface area contributed by atoms with Crippen molar-refractivity contribution in [3.8, 4) is 5.75 Å². The molecule has 0 aliphatic carbocycles. The molecule has 2 heterocycles. The van der Waals surface area contributed by atoms with Crippen LogP contribution in [0.2, 0.25) is 0 Å². The van der Waals surface area contributed by atoms with Gasteiger partial charge in [0.25, 0.3) is 5.91 Å². The average molecular weight is 343 g/mol. The number of para-hydroxylation sites is 2. The molecule has 1 aromatic heterocycles. The molecule has 7 nitrogen and oxygen atoms in total. The van der Waals surface area contributed by atoms with Crippen LogP contribution in [0.4, 0.5) is 10.5 Å². The van der Waals surface area contributed by atoms with E-state index < -0.39 is 0 Å². The van der Waals surface area contributed by atoms with Crippen LogP contribution in [0.3, 0.4) is 0 Å². The Labute approximate surface area is 146 Å². The van der Waals surface area contributed by atoms with Crippen LogP contribution in [-0.2, 0) is 0 Å². The number of ether oxygens (including phenoxy) is 1. The second-order valence-electron chi connectivity index (χ2n) is 5.62. The van der Waals surface area contributed by atoms with Crippen LogP contribution < -0.4 is 10.1 Å². The number of piperazine rings is 1. The first-order valence-corrected chi connectivity index (χ1v) is 8.29. The van der Waals surface area contributed by atoms with E-state index in [0.717, 1.165) is 0 Å². The quantitative estimate of drug-likeness (QED) is 0.926. The first kappa shape index (κ1) is 16.9. The smallest absolute Gasteiger partial charge is 0.322 e. The van der Waals surface area contributed by atoms with Crippen LogP contribution in [0.5, 0.6) is 5.75 Å². The van der Waals surface area contributed by atoms with Gasteiger partial charge in [0.2, 0.25) is 0 Å². The van der Waals surface area contributed by atoms with Crippen molar-refractivity contribution in [2.45, 2.75) is 6.92 Å². The van der Waals surface area contributed by atoms with Crippen LogP contribution in [0, 0.1) is 0 Å². The Balaban J connectivity index is 1.56. The molecule has 0 atom stereocenters. The molecule has 1 aromatic carbocycles. The number of benzene rings is 1. The molecule has 1 fully saturated rings. The molecule has 1 aliphatic rings. The average Bonchev–Trinajstić information content (AvgIpc) is 3.18. The van der Waals surface area contributed by atoms with Crippen molar-refractivity contribution in [2.24, 2.45) is 0 Å². The van der Waals surface area contributed by atoms with E-state index in [0.29, 0.717) is 50.0 Å². The number of carbonyl (C=O) groups excluding carboxylic acids is 2. The van der Waals surface area contributed by atoms with Crippen molar-refractivity contribution >= 4 is 17.6 Å². The standard InChI is InChI=1S/C18H21N3O4/c1-2-24-15-7-4-3-6-14(15)19-18(23)21-11-9-20(10-12-21)17(22)16-8-5-13-25-16/h3-8,13H,2,9-12H2,1H3,(H,19,23). The van der Waals surface area contributed by atoms with E-state index in [1.807, 2.05) is 25.1 Å². The van der Waals surface area contributed by atoms with Crippen molar-refractivity contribution in [3.63, 3.8) is 0 Å². The SMILES string of the molecule is CCOc1ccccc1NC(=O)N1CCN(C(=O)c2ccco2)CC1. The zero-order valence-corrected chi connectivity index (χ0v) is 14.1. The second-order valence-corrected chi connectivity index (χ2v) is 5.62. The summed E-state index contributed by atoms with van der Waals surface area (Å²) < 4.78 is 10.7. The molecule has 7 heteroatoms. The summed E-state index contributed by atoms with van der Waals surface area (Å²) in [6.45, 7) is 4.30. The van der Waals surface area contributed by atoms with Crippen molar-refractivity contribution in [3.05, 3.63) is 48.4 Å². The highest BCUT2D eigenvalue weighted by Crippen LogP contribution is 2.24. The zero-order chi connectivity index (χ0) is 17.6. The van der Waals surface area contributed by atoms with Crippen molar-refractivity contribution < 1.29 is 18.7 Å². The number of nitrogens with zero attached hydrogens (tertiary/aromatic N) is 2. The van der Waals surface area contributed by atoms with Gasteiger partial charge in [-0.1, -0.05) is 12.1 Å². The fourth-order valence-corrected chi connectivity index (χ4v) is 2.71. The number of furan rings is 1. The van der Waals surface area contributed by atoms with E-state index in [1.165, 1.54) is 6.26 Å². The molecular weight excluding hydrogens is 322 g/mol. The summed E-state index contributed by atoms with van der Waals surface area (Å²) in [7, 11) is 0. The van der Waals surface area contributed by atoms with Gasteiger partial charge in [0, 0.05) is 26.2 Å². The minimum absolute atomic E-state index is 0.147. The van der Waals surface area contributed by atoms with Crippen LogP contribution in [0.15, 0.2) is 47.1 Å². The van der Waals surface area contributed by atoms with Gasteiger partial charge in [-0.05, 0) is 31.2 Å². The van der Waals surface area contributed by atoms with Gasteiger partial charge in [0.15, 0.2) is 5.76 Å². The molecule has 1 saturated heterocycles. The maximum Gasteiger partial charge on any atom is 0.322 e. The van der Waals surface area contributed by atoms with Crippen molar-refractivity contribution in [1.82, 2.24) is 9.80 Å². The lowest BCUT2D eigenvalue weighted by molar-refractivity contribution is 0.0640. The fourth-order valence-electron chi connectivity index (χ4n) is 2.71. The van der Waals surface area contributed by atoms with Gasteiger partial charge in [0.05, 0.1) is 18.6 Å². The number of carbonyl (C=O) groups is 2. The van der Waals surface area contributed by atoms with E-state index in [2.05, 4.69) is 5.32 Å². The molecule has 0 unspecified atom stereocenters. The van der Waals surface area contributed by atoms with Gasteiger partial charge in [0.1, 0.15) is 5.75 Å². The number of hydrogen-bond acceptors (Lipinski definition) is 4. The summed E-state index contributed by atoms with van der Waals surface area (Å²) >= 11 is 0. The maximum atomic E-state index is 12.5. The van der Waals surface area contributed by atoms with Gasteiger partial charge >= 0.3 is 6.03 Å².